The number of aliphatic hydroxyl groups excluding tert-OH is 3. The molecule has 0 bridgehead atoms. The maximum atomic E-state index is 10.3. The molecule has 0 unspecified atom stereocenters. The molecule has 0 heterocycles. The van der Waals surface area contributed by atoms with Gasteiger partial charge in [-0.1, -0.05) is 0 Å². The molecular weight excluding hydrogens is 196 g/mol. The third-order valence-electron chi connectivity index (χ3n) is 1.77. The maximum absolute atomic E-state index is 10.3. The van der Waals surface area contributed by atoms with Gasteiger partial charge in [-0.25, -0.2) is 0 Å². The molecule has 0 saturated heterocycles. The summed E-state index contributed by atoms with van der Waals surface area (Å²) >= 11 is 0. The predicted molar refractivity (Wildman–Crippen MR) is 43.1 cm³/mol. The van der Waals surface area contributed by atoms with Crippen LogP contribution in [-0.2, 0) is 9.53 Å². The summed E-state index contributed by atoms with van der Waals surface area (Å²) in [6.07, 6.45) is -5.14. The summed E-state index contributed by atoms with van der Waals surface area (Å²) in [5.74, 6) is -2.88. The molecule has 7 nitrogen and oxygen atoms in total. The Bertz CT molecular complexity index is 181. The van der Waals surface area contributed by atoms with Gasteiger partial charge in [0.1, 0.15) is 18.3 Å². The highest BCUT2D eigenvalue weighted by Crippen LogP contribution is 2.13. The Balaban J connectivity index is 4.51. The number of carbonyl (C=O) groups excluding carboxylic acids is 1. The van der Waals surface area contributed by atoms with Gasteiger partial charge < -0.3 is 35.1 Å². The van der Waals surface area contributed by atoms with Gasteiger partial charge in [0.15, 0.2) is 6.29 Å². The fourth-order valence-electron chi connectivity index (χ4n) is 0.822. The van der Waals surface area contributed by atoms with E-state index >= 15 is 0 Å². The number of hydrogen-bond acceptors (Lipinski definition) is 7. The summed E-state index contributed by atoms with van der Waals surface area (Å²) in [5.41, 5.74) is 0. The molecule has 7 heteroatoms. The normalized spacial score (nSPS) is 18.7. The first kappa shape index (κ1) is 13.4. The second-order valence-electron chi connectivity index (χ2n) is 2.81. The van der Waals surface area contributed by atoms with Gasteiger partial charge in [-0.05, 0) is 0 Å². The molecule has 0 saturated carbocycles. The van der Waals surface area contributed by atoms with Crippen molar-refractivity contribution in [3.8, 4) is 0 Å². The van der Waals surface area contributed by atoms with E-state index in [0.29, 0.717) is 0 Å². The van der Waals surface area contributed by atoms with Crippen molar-refractivity contribution in [2.24, 2.45) is 0 Å². The molecule has 0 spiro atoms. The molecule has 84 valence electrons. The minimum Gasteiger partial charge on any atom is -0.391 e. The molecule has 5 N–H and O–H groups in total. The van der Waals surface area contributed by atoms with Gasteiger partial charge in [0.25, 0.3) is 0 Å². The molecule has 0 radical (unpaired) electrons. The molecule has 0 amide bonds. The van der Waals surface area contributed by atoms with Crippen LogP contribution in [0.25, 0.3) is 0 Å². The van der Waals surface area contributed by atoms with E-state index in [0.717, 1.165) is 7.11 Å². The number of carbonyl (C=O) groups is 1. The van der Waals surface area contributed by atoms with E-state index < -0.39 is 30.7 Å². The lowest BCUT2D eigenvalue weighted by Crippen LogP contribution is -2.55. The van der Waals surface area contributed by atoms with Gasteiger partial charge in [0.05, 0.1) is 6.61 Å². The van der Waals surface area contributed by atoms with E-state index in [-0.39, 0.29) is 6.29 Å². The first-order valence-corrected chi connectivity index (χ1v) is 3.80. The lowest BCUT2D eigenvalue weighted by Gasteiger charge is -2.30. The van der Waals surface area contributed by atoms with Crippen molar-refractivity contribution in [1.29, 1.82) is 0 Å². The molecule has 0 aromatic carbocycles. The van der Waals surface area contributed by atoms with E-state index in [4.69, 9.17) is 20.4 Å². The maximum Gasteiger partial charge on any atom is 0.216 e. The van der Waals surface area contributed by atoms with Gasteiger partial charge >= 0.3 is 0 Å². The van der Waals surface area contributed by atoms with Crippen LogP contribution < -0.4 is 0 Å². The summed E-state index contributed by atoms with van der Waals surface area (Å²) in [5, 5.41) is 44.6. The molecule has 0 aliphatic rings. The Morgan fingerprint density at radius 2 is 1.93 bits per heavy atom. The minimum atomic E-state index is -2.88. The minimum absolute atomic E-state index is 0.196. The van der Waals surface area contributed by atoms with Crippen molar-refractivity contribution >= 4 is 6.29 Å². The van der Waals surface area contributed by atoms with Crippen molar-refractivity contribution in [3.63, 3.8) is 0 Å². The van der Waals surface area contributed by atoms with Gasteiger partial charge in [0, 0.05) is 7.11 Å². The highest BCUT2D eigenvalue weighted by atomic mass is 16.5. The Morgan fingerprint density at radius 3 is 2.21 bits per heavy atom. The van der Waals surface area contributed by atoms with Crippen LogP contribution >= 0.6 is 0 Å². The highest BCUT2D eigenvalue weighted by Gasteiger charge is 2.41. The van der Waals surface area contributed by atoms with E-state index in [1.165, 1.54) is 0 Å². The zero-order chi connectivity index (χ0) is 11.4. The summed E-state index contributed by atoms with van der Waals surface area (Å²) < 4.78 is 4.44. The van der Waals surface area contributed by atoms with Crippen molar-refractivity contribution in [2.45, 2.75) is 24.1 Å². The number of aldehydes is 1. The van der Waals surface area contributed by atoms with Crippen molar-refractivity contribution in [2.75, 3.05) is 13.7 Å². The number of aliphatic hydroxyl groups is 5. The first-order chi connectivity index (χ1) is 6.40. The van der Waals surface area contributed by atoms with Crippen LogP contribution in [0.2, 0.25) is 0 Å². The second kappa shape index (κ2) is 5.35. The highest BCUT2D eigenvalue weighted by molar-refractivity contribution is 5.57. The van der Waals surface area contributed by atoms with Gasteiger partial charge in [0.2, 0.25) is 5.79 Å². The zero-order valence-corrected chi connectivity index (χ0v) is 7.57. The van der Waals surface area contributed by atoms with Crippen molar-refractivity contribution < 1.29 is 35.1 Å². The largest absolute Gasteiger partial charge is 0.391 e. The van der Waals surface area contributed by atoms with Crippen LogP contribution in [-0.4, -0.2) is 69.6 Å². The van der Waals surface area contributed by atoms with Crippen LogP contribution in [0, 0.1) is 0 Å². The fraction of sp³-hybridized carbons (Fsp3) is 0.857. The average molecular weight is 210 g/mol. The van der Waals surface area contributed by atoms with Gasteiger partial charge in [-0.2, -0.15) is 0 Å². The molecule has 14 heavy (non-hydrogen) atoms. The van der Waals surface area contributed by atoms with Gasteiger partial charge in [-0.15, -0.1) is 0 Å². The first-order valence-electron chi connectivity index (χ1n) is 3.80. The Kier molecular flexibility index (Phi) is 5.13. The van der Waals surface area contributed by atoms with Crippen molar-refractivity contribution in [3.05, 3.63) is 0 Å². The summed E-state index contributed by atoms with van der Waals surface area (Å²) in [4.78, 5) is 10.3. The average Bonchev–Trinajstić information content (AvgIpc) is 2.18. The topological polar surface area (TPSA) is 127 Å². The smallest absolute Gasteiger partial charge is 0.216 e. The standard InChI is InChI=1S/C7H14O7/c1-14-4(2-8)5(10)6(11)7(12,13)3-9/h2,4-6,9-13H,3H2,1H3/t4-,5+,6+/m0/s1. The van der Waals surface area contributed by atoms with Crippen LogP contribution in [0.4, 0.5) is 0 Å². The monoisotopic (exact) mass is 210 g/mol. The quantitative estimate of drug-likeness (QED) is 0.228. The number of rotatable bonds is 6. The molecule has 0 rings (SSSR count). The lowest BCUT2D eigenvalue weighted by molar-refractivity contribution is -0.270. The van der Waals surface area contributed by atoms with Crippen LogP contribution in [0.5, 0.6) is 0 Å². The summed E-state index contributed by atoms with van der Waals surface area (Å²) in [6.45, 7) is -1.18. The van der Waals surface area contributed by atoms with E-state index in [1.54, 1.807) is 0 Å². The second-order valence-corrected chi connectivity index (χ2v) is 2.81. The SMILES string of the molecule is CO[C@@H](C=O)[C@@H](O)[C@@H](O)C(O)(O)CO. The molecule has 0 aliphatic carbocycles. The number of hydrogen-bond donors (Lipinski definition) is 5. The Hall–Kier alpha value is -0.570. The molecule has 0 aromatic heterocycles. The number of methoxy groups -OCH3 is 1. The van der Waals surface area contributed by atoms with Crippen molar-refractivity contribution in [1.82, 2.24) is 0 Å². The predicted octanol–water partition coefficient (Wildman–Crippen LogP) is -3.40. The lowest BCUT2D eigenvalue weighted by atomic mass is 10.0. The molecular formula is C7H14O7. The fourth-order valence-corrected chi connectivity index (χ4v) is 0.822. The van der Waals surface area contributed by atoms with E-state index in [2.05, 4.69) is 4.74 Å². The van der Waals surface area contributed by atoms with E-state index in [9.17, 15) is 9.90 Å². The summed E-state index contributed by atoms with van der Waals surface area (Å²) in [7, 11) is 1.10. The van der Waals surface area contributed by atoms with E-state index in [1.807, 2.05) is 0 Å². The van der Waals surface area contributed by atoms with Crippen LogP contribution in [0.15, 0.2) is 0 Å². The van der Waals surface area contributed by atoms with Crippen LogP contribution in [0.3, 0.4) is 0 Å². The molecule has 3 atom stereocenters. The third-order valence-corrected chi connectivity index (χ3v) is 1.77. The van der Waals surface area contributed by atoms with Gasteiger partial charge in [-0.3, -0.25) is 0 Å². The molecule has 0 aromatic rings. The zero-order valence-electron chi connectivity index (χ0n) is 7.57. The third kappa shape index (κ3) is 2.98. The summed E-state index contributed by atoms with van der Waals surface area (Å²) in [6, 6.07) is 0. The molecule has 0 fully saturated rings. The number of ether oxygens (including phenoxy) is 1. The molecule has 0 aliphatic heterocycles. The van der Waals surface area contributed by atoms with Crippen LogP contribution in [0.1, 0.15) is 0 Å². The Labute approximate surface area is 80.2 Å². The Morgan fingerprint density at radius 1 is 1.43 bits per heavy atom.